The topological polar surface area (TPSA) is 38.8 Å². The van der Waals surface area contributed by atoms with E-state index in [1.165, 1.54) is 63.5 Å². The van der Waals surface area contributed by atoms with Crippen molar-refractivity contribution in [2.75, 3.05) is 19.7 Å². The van der Waals surface area contributed by atoms with E-state index in [2.05, 4.69) is 18.4 Å². The molecule has 4 heteroatoms. The molecule has 0 aromatic heterocycles. The Morgan fingerprint density at radius 3 is 2.89 bits per heavy atom. The van der Waals surface area contributed by atoms with Crippen molar-refractivity contribution in [2.45, 2.75) is 77.5 Å². The number of piperidine rings is 1. The van der Waals surface area contributed by atoms with Crippen molar-refractivity contribution in [3.8, 4) is 0 Å². The molecule has 0 amide bonds. The Labute approximate surface area is 169 Å². The van der Waals surface area contributed by atoms with E-state index >= 15 is 0 Å². The first kappa shape index (κ1) is 17.9. The van der Waals surface area contributed by atoms with E-state index in [1.54, 1.807) is 6.92 Å². The first-order valence-corrected chi connectivity index (χ1v) is 11.6. The lowest BCUT2D eigenvalue weighted by Gasteiger charge is -2.70. The molecule has 0 N–H and O–H groups in total. The maximum absolute atomic E-state index is 12.0. The molecule has 4 nitrogen and oxygen atoms in total. The number of rotatable bonds is 1. The third-order valence-electron chi connectivity index (χ3n) is 10.2. The number of nitrogens with zero attached hydrogens (tertiary/aromatic N) is 1. The quantitative estimate of drug-likeness (QED) is 0.502. The molecule has 0 unspecified atom stereocenters. The van der Waals surface area contributed by atoms with E-state index < -0.39 is 0 Å². The Balaban J connectivity index is 1.50. The third-order valence-corrected chi connectivity index (χ3v) is 10.2. The van der Waals surface area contributed by atoms with Crippen molar-refractivity contribution >= 4 is 5.97 Å². The first-order chi connectivity index (χ1) is 13.4. The Kier molecular flexibility index (Phi) is 3.61. The lowest BCUT2D eigenvalue weighted by molar-refractivity contribution is -0.277. The molecule has 0 radical (unpaired) electrons. The van der Waals surface area contributed by atoms with Gasteiger partial charge in [0.1, 0.15) is 12.3 Å². The maximum Gasteiger partial charge on any atom is 0.303 e. The molecule has 2 heterocycles. The second-order valence-corrected chi connectivity index (χ2v) is 11.2. The lowest BCUT2D eigenvalue weighted by atomic mass is 9.38. The summed E-state index contributed by atoms with van der Waals surface area (Å²) in [6.45, 7) is 11.8. The van der Waals surface area contributed by atoms with Crippen LogP contribution in [0.3, 0.4) is 0 Å². The molecule has 4 aliphatic carbocycles. The molecular weight excluding hydrogens is 350 g/mol. The van der Waals surface area contributed by atoms with Gasteiger partial charge in [-0.05, 0) is 73.7 Å². The van der Waals surface area contributed by atoms with Crippen molar-refractivity contribution < 1.29 is 14.3 Å². The summed E-state index contributed by atoms with van der Waals surface area (Å²) >= 11 is 0. The highest BCUT2D eigenvalue weighted by Crippen LogP contribution is 2.75. The zero-order chi connectivity index (χ0) is 19.3. The van der Waals surface area contributed by atoms with Crippen LogP contribution in [0.2, 0.25) is 0 Å². The van der Waals surface area contributed by atoms with E-state index in [1.807, 2.05) is 0 Å². The summed E-state index contributed by atoms with van der Waals surface area (Å²) in [5.74, 6) is 1.77. The summed E-state index contributed by atoms with van der Waals surface area (Å²) < 4.78 is 12.6. The van der Waals surface area contributed by atoms with Gasteiger partial charge in [0.2, 0.25) is 0 Å². The van der Waals surface area contributed by atoms with Crippen LogP contribution in [0, 0.1) is 34.0 Å². The molecule has 1 spiro atoms. The smallest absolute Gasteiger partial charge is 0.303 e. The van der Waals surface area contributed by atoms with Gasteiger partial charge >= 0.3 is 5.97 Å². The highest BCUT2D eigenvalue weighted by molar-refractivity contribution is 5.67. The molecule has 0 aromatic rings. The van der Waals surface area contributed by atoms with E-state index in [9.17, 15) is 4.79 Å². The molecular formula is C24H35NO3. The summed E-state index contributed by atoms with van der Waals surface area (Å²) in [6.07, 6.45) is 10.4. The Morgan fingerprint density at radius 2 is 2.07 bits per heavy atom. The van der Waals surface area contributed by atoms with E-state index in [0.29, 0.717) is 17.3 Å². The fourth-order valence-corrected chi connectivity index (χ4v) is 9.64. The number of carbonyl (C=O) groups excluding carboxylic acids is 1. The van der Waals surface area contributed by atoms with Gasteiger partial charge in [-0.25, -0.2) is 0 Å². The van der Waals surface area contributed by atoms with Crippen LogP contribution >= 0.6 is 0 Å². The summed E-state index contributed by atoms with van der Waals surface area (Å²) in [7, 11) is 0. The fourth-order valence-electron chi connectivity index (χ4n) is 9.64. The Bertz CT molecular complexity index is 735. The molecule has 0 aromatic carbocycles. The summed E-state index contributed by atoms with van der Waals surface area (Å²) in [5.41, 5.74) is 1.99. The maximum atomic E-state index is 12.0. The van der Waals surface area contributed by atoms with Gasteiger partial charge in [-0.1, -0.05) is 19.9 Å². The number of fused-ring (bicyclic) bond motifs is 2. The van der Waals surface area contributed by atoms with Crippen molar-refractivity contribution in [3.63, 3.8) is 0 Å². The number of carbonyl (C=O) groups is 1. The van der Waals surface area contributed by atoms with Crippen LogP contribution in [0.1, 0.15) is 65.2 Å². The highest BCUT2D eigenvalue weighted by atomic mass is 16.5. The second kappa shape index (κ2) is 5.63. The minimum absolute atomic E-state index is 0.0669. The van der Waals surface area contributed by atoms with Gasteiger partial charge in [0.25, 0.3) is 0 Å². The Morgan fingerprint density at radius 1 is 1.21 bits per heavy atom. The Hall–Kier alpha value is -0.870. The van der Waals surface area contributed by atoms with Crippen LogP contribution in [0.15, 0.2) is 12.2 Å². The van der Waals surface area contributed by atoms with Crippen molar-refractivity contribution in [1.29, 1.82) is 0 Å². The number of ether oxygens (including phenoxy) is 2. The molecule has 4 bridgehead atoms. The van der Waals surface area contributed by atoms with Gasteiger partial charge in [0.15, 0.2) is 0 Å². The molecule has 154 valence electrons. The third kappa shape index (κ3) is 1.97. The van der Waals surface area contributed by atoms with Gasteiger partial charge in [-0.3, -0.25) is 9.69 Å². The van der Waals surface area contributed by atoms with Crippen LogP contribution in [-0.4, -0.2) is 42.9 Å². The molecule has 6 fully saturated rings. The van der Waals surface area contributed by atoms with E-state index in [-0.39, 0.29) is 29.1 Å². The van der Waals surface area contributed by atoms with Crippen LogP contribution in [-0.2, 0) is 14.3 Å². The first-order valence-electron chi connectivity index (χ1n) is 11.6. The SMILES string of the molecule is C=C1[C@@H]2CC[C@@H]3[C@@](CC[C@@H]4[C@]5(C)CCC[C@]43[C@@H]3OCCN3C5)(C2)[C@@H]1OC(C)=O. The van der Waals surface area contributed by atoms with Crippen LogP contribution in [0.5, 0.6) is 0 Å². The van der Waals surface area contributed by atoms with Crippen LogP contribution in [0.25, 0.3) is 0 Å². The predicted molar refractivity (Wildman–Crippen MR) is 106 cm³/mol. The summed E-state index contributed by atoms with van der Waals surface area (Å²) in [4.78, 5) is 14.7. The molecule has 4 saturated carbocycles. The summed E-state index contributed by atoms with van der Waals surface area (Å²) in [6, 6.07) is 0. The standard InChI is InChI=1S/C24H35NO3/c1-15-17-5-6-19-23(13-17,20(15)28-16(2)26)10-7-18-22(3)8-4-9-24(18,19)21-25(14-22)11-12-27-21/h17-21H,1,4-14H2,2-3H3/t17-,18-,19-,20-,21+,22-,23-,24+/m1/s1. The van der Waals surface area contributed by atoms with E-state index in [0.717, 1.165) is 19.1 Å². The van der Waals surface area contributed by atoms with Crippen LogP contribution in [0.4, 0.5) is 0 Å². The minimum atomic E-state index is -0.137. The number of esters is 1. The zero-order valence-corrected chi connectivity index (χ0v) is 17.5. The van der Waals surface area contributed by atoms with Crippen molar-refractivity contribution in [3.05, 3.63) is 12.2 Å². The number of hydrogen-bond acceptors (Lipinski definition) is 4. The monoisotopic (exact) mass is 385 g/mol. The van der Waals surface area contributed by atoms with E-state index in [4.69, 9.17) is 9.47 Å². The van der Waals surface area contributed by atoms with Gasteiger partial charge in [-0.15, -0.1) is 0 Å². The number of hydrogen-bond donors (Lipinski definition) is 0. The van der Waals surface area contributed by atoms with Gasteiger partial charge in [-0.2, -0.15) is 0 Å². The molecule has 2 saturated heterocycles. The second-order valence-electron chi connectivity index (χ2n) is 11.2. The molecule has 2 aliphatic heterocycles. The highest BCUT2D eigenvalue weighted by Gasteiger charge is 2.73. The molecule has 28 heavy (non-hydrogen) atoms. The largest absolute Gasteiger partial charge is 0.457 e. The average Bonchev–Trinajstić information content (AvgIpc) is 3.18. The molecule has 8 atom stereocenters. The molecule has 6 rings (SSSR count). The normalized spacial score (nSPS) is 54.6. The van der Waals surface area contributed by atoms with Gasteiger partial charge in [0, 0.05) is 30.8 Å². The zero-order valence-electron chi connectivity index (χ0n) is 17.5. The van der Waals surface area contributed by atoms with Gasteiger partial charge in [0.05, 0.1) is 6.61 Å². The summed E-state index contributed by atoms with van der Waals surface area (Å²) in [5, 5.41) is 0. The van der Waals surface area contributed by atoms with Gasteiger partial charge < -0.3 is 9.47 Å². The van der Waals surface area contributed by atoms with Crippen molar-refractivity contribution in [2.24, 2.45) is 34.0 Å². The lowest BCUT2D eigenvalue weighted by Crippen LogP contribution is -2.71. The van der Waals surface area contributed by atoms with Crippen molar-refractivity contribution in [1.82, 2.24) is 4.90 Å². The van der Waals surface area contributed by atoms with Crippen LogP contribution < -0.4 is 0 Å². The average molecular weight is 386 g/mol. The predicted octanol–water partition coefficient (Wildman–Crippen LogP) is 4.15. The fraction of sp³-hybridized carbons (Fsp3) is 0.875. The minimum Gasteiger partial charge on any atom is -0.457 e. The molecule has 6 aliphatic rings.